The van der Waals surface area contributed by atoms with E-state index in [1.54, 1.807) is 17.8 Å². The van der Waals surface area contributed by atoms with E-state index in [1.165, 1.54) is 0 Å². The number of aromatic nitrogens is 2. The van der Waals surface area contributed by atoms with Crippen molar-refractivity contribution in [1.29, 1.82) is 5.26 Å². The van der Waals surface area contributed by atoms with Crippen LogP contribution in [0.2, 0.25) is 0 Å². The lowest BCUT2D eigenvalue weighted by molar-refractivity contribution is -0.122. The van der Waals surface area contributed by atoms with E-state index in [1.807, 2.05) is 56.3 Å². The van der Waals surface area contributed by atoms with E-state index in [9.17, 15) is 10.1 Å². The number of nitrogens with one attached hydrogen (secondary N) is 1. The van der Waals surface area contributed by atoms with Crippen LogP contribution in [0.4, 0.5) is 5.82 Å². The van der Waals surface area contributed by atoms with Crippen LogP contribution in [0.15, 0.2) is 48.7 Å². The van der Waals surface area contributed by atoms with Crippen molar-refractivity contribution in [2.75, 3.05) is 5.32 Å². The van der Waals surface area contributed by atoms with Crippen molar-refractivity contribution in [1.82, 2.24) is 9.78 Å². The number of benzene rings is 2. The van der Waals surface area contributed by atoms with Gasteiger partial charge in [0.1, 0.15) is 17.4 Å². The highest BCUT2D eigenvalue weighted by molar-refractivity contribution is 5.95. The molecule has 132 valence electrons. The van der Waals surface area contributed by atoms with Gasteiger partial charge in [0.05, 0.1) is 0 Å². The molecular weight excluding hydrogens is 328 g/mol. The van der Waals surface area contributed by atoms with Crippen molar-refractivity contribution in [2.45, 2.75) is 32.9 Å². The van der Waals surface area contributed by atoms with Crippen molar-refractivity contribution in [2.24, 2.45) is 0 Å². The van der Waals surface area contributed by atoms with Crippen LogP contribution in [0.25, 0.3) is 10.8 Å². The molecule has 0 bridgehead atoms. The number of anilines is 1. The fourth-order valence-corrected chi connectivity index (χ4v) is 2.59. The normalized spacial score (nSPS) is 12.0. The standard InChI is InChI=1S/C20H20N4O2/c1-13(2)24-12-16(11-21)19(23-24)22-20(25)14(3)26-18-10-6-8-15-7-4-5-9-17(15)18/h4-10,12-14H,1-3H3,(H,22,23,25). The second-order valence-corrected chi connectivity index (χ2v) is 6.30. The van der Waals surface area contributed by atoms with Crippen LogP contribution >= 0.6 is 0 Å². The summed E-state index contributed by atoms with van der Waals surface area (Å²) in [4.78, 5) is 12.5. The molecule has 0 saturated heterocycles. The number of rotatable bonds is 5. The first-order chi connectivity index (χ1) is 12.5. The topological polar surface area (TPSA) is 79.9 Å². The molecule has 1 heterocycles. The Morgan fingerprint density at radius 1 is 1.19 bits per heavy atom. The van der Waals surface area contributed by atoms with E-state index < -0.39 is 6.10 Å². The van der Waals surface area contributed by atoms with Gasteiger partial charge < -0.3 is 10.1 Å². The van der Waals surface area contributed by atoms with E-state index in [0.29, 0.717) is 11.3 Å². The molecule has 1 N–H and O–H groups in total. The van der Waals surface area contributed by atoms with Crippen molar-refractivity contribution in [3.8, 4) is 11.8 Å². The Morgan fingerprint density at radius 3 is 2.65 bits per heavy atom. The molecule has 0 spiro atoms. The van der Waals surface area contributed by atoms with Gasteiger partial charge in [-0.3, -0.25) is 9.48 Å². The fraction of sp³-hybridized carbons (Fsp3) is 0.250. The van der Waals surface area contributed by atoms with Gasteiger partial charge in [-0.05, 0) is 32.2 Å². The molecule has 1 atom stereocenters. The van der Waals surface area contributed by atoms with Gasteiger partial charge in [-0.15, -0.1) is 0 Å². The van der Waals surface area contributed by atoms with Gasteiger partial charge in [-0.2, -0.15) is 10.4 Å². The summed E-state index contributed by atoms with van der Waals surface area (Å²) in [5, 5.41) is 18.2. The Labute approximate surface area is 152 Å². The monoisotopic (exact) mass is 348 g/mol. The molecule has 0 aliphatic heterocycles. The Hall–Kier alpha value is -3.33. The minimum absolute atomic E-state index is 0.0945. The number of carbonyl (C=O) groups excluding carboxylic acids is 1. The van der Waals surface area contributed by atoms with Gasteiger partial charge in [0.2, 0.25) is 0 Å². The summed E-state index contributed by atoms with van der Waals surface area (Å²) in [6, 6.07) is 15.7. The molecule has 6 heteroatoms. The maximum atomic E-state index is 12.5. The van der Waals surface area contributed by atoms with Crippen LogP contribution in [0, 0.1) is 11.3 Å². The number of carbonyl (C=O) groups is 1. The number of ether oxygens (including phenoxy) is 1. The number of hydrogen-bond acceptors (Lipinski definition) is 4. The number of nitriles is 1. The summed E-state index contributed by atoms with van der Waals surface area (Å²) >= 11 is 0. The number of hydrogen-bond donors (Lipinski definition) is 1. The average Bonchev–Trinajstić information content (AvgIpc) is 3.05. The third kappa shape index (κ3) is 3.52. The molecule has 1 amide bonds. The highest BCUT2D eigenvalue weighted by Gasteiger charge is 2.20. The van der Waals surface area contributed by atoms with Crippen molar-refractivity contribution in [3.63, 3.8) is 0 Å². The van der Waals surface area contributed by atoms with Crippen molar-refractivity contribution < 1.29 is 9.53 Å². The lowest BCUT2D eigenvalue weighted by atomic mass is 10.1. The third-order valence-corrected chi connectivity index (χ3v) is 4.05. The SMILES string of the molecule is CC(Oc1cccc2ccccc12)C(=O)Nc1nn(C(C)C)cc1C#N. The summed E-state index contributed by atoms with van der Waals surface area (Å²) in [6.45, 7) is 5.57. The molecule has 0 radical (unpaired) electrons. The van der Waals surface area contributed by atoms with Gasteiger partial charge in [0, 0.05) is 17.6 Å². The maximum Gasteiger partial charge on any atom is 0.266 e. The summed E-state index contributed by atoms with van der Waals surface area (Å²) in [5.74, 6) is 0.530. The first-order valence-electron chi connectivity index (χ1n) is 8.44. The van der Waals surface area contributed by atoms with Gasteiger partial charge in [-0.25, -0.2) is 0 Å². The largest absolute Gasteiger partial charge is 0.480 e. The summed E-state index contributed by atoms with van der Waals surface area (Å²) < 4.78 is 7.50. The van der Waals surface area contributed by atoms with Crippen molar-refractivity contribution in [3.05, 3.63) is 54.2 Å². The molecule has 0 saturated carbocycles. The van der Waals surface area contributed by atoms with Gasteiger partial charge in [0.25, 0.3) is 5.91 Å². The maximum absolute atomic E-state index is 12.5. The Morgan fingerprint density at radius 2 is 1.92 bits per heavy atom. The lowest BCUT2D eigenvalue weighted by Crippen LogP contribution is -2.30. The molecule has 26 heavy (non-hydrogen) atoms. The van der Waals surface area contributed by atoms with E-state index in [-0.39, 0.29) is 17.8 Å². The summed E-state index contributed by atoms with van der Waals surface area (Å²) in [5.41, 5.74) is 0.324. The van der Waals surface area contributed by atoms with Gasteiger partial charge in [-0.1, -0.05) is 36.4 Å². The molecular formula is C20H20N4O2. The smallest absolute Gasteiger partial charge is 0.266 e. The fourth-order valence-electron chi connectivity index (χ4n) is 2.59. The van der Waals surface area contributed by atoms with E-state index in [0.717, 1.165) is 10.8 Å². The minimum Gasteiger partial charge on any atom is -0.480 e. The van der Waals surface area contributed by atoms with Crippen LogP contribution < -0.4 is 10.1 Å². The second kappa shape index (κ2) is 7.28. The number of amides is 1. The molecule has 2 aromatic carbocycles. The van der Waals surface area contributed by atoms with Crippen LogP contribution in [-0.2, 0) is 4.79 Å². The average molecular weight is 348 g/mol. The molecule has 1 unspecified atom stereocenters. The Kier molecular flexibility index (Phi) is 4.90. The zero-order valence-electron chi connectivity index (χ0n) is 14.9. The number of fused-ring (bicyclic) bond motifs is 1. The summed E-state index contributed by atoms with van der Waals surface area (Å²) in [6.07, 6.45) is 0.882. The van der Waals surface area contributed by atoms with Crippen molar-refractivity contribution >= 4 is 22.5 Å². The minimum atomic E-state index is -0.739. The van der Waals surface area contributed by atoms with E-state index >= 15 is 0 Å². The van der Waals surface area contributed by atoms with Gasteiger partial charge in [0.15, 0.2) is 11.9 Å². The van der Waals surface area contributed by atoms with E-state index in [4.69, 9.17) is 4.74 Å². The molecule has 0 aliphatic rings. The highest BCUT2D eigenvalue weighted by atomic mass is 16.5. The number of nitrogens with zero attached hydrogens (tertiary/aromatic N) is 3. The quantitative estimate of drug-likeness (QED) is 0.758. The van der Waals surface area contributed by atoms with Crippen LogP contribution in [-0.4, -0.2) is 21.8 Å². The Balaban J connectivity index is 1.77. The van der Waals surface area contributed by atoms with Gasteiger partial charge >= 0.3 is 0 Å². The van der Waals surface area contributed by atoms with Crippen LogP contribution in [0.5, 0.6) is 5.75 Å². The first-order valence-corrected chi connectivity index (χ1v) is 8.44. The predicted octanol–water partition coefficient (Wildman–Crippen LogP) is 3.89. The third-order valence-electron chi connectivity index (χ3n) is 4.05. The first kappa shape index (κ1) is 17.5. The molecule has 0 aliphatic carbocycles. The second-order valence-electron chi connectivity index (χ2n) is 6.30. The Bertz CT molecular complexity index is 980. The van der Waals surface area contributed by atoms with Crippen LogP contribution in [0.3, 0.4) is 0 Å². The molecule has 3 rings (SSSR count). The zero-order chi connectivity index (χ0) is 18.7. The molecule has 0 fully saturated rings. The lowest BCUT2D eigenvalue weighted by Gasteiger charge is -2.15. The predicted molar refractivity (Wildman–Crippen MR) is 100.0 cm³/mol. The molecule has 1 aromatic heterocycles. The highest BCUT2D eigenvalue weighted by Crippen LogP contribution is 2.26. The molecule has 3 aromatic rings. The van der Waals surface area contributed by atoms with E-state index in [2.05, 4.69) is 16.5 Å². The summed E-state index contributed by atoms with van der Waals surface area (Å²) in [7, 11) is 0. The van der Waals surface area contributed by atoms with Crippen LogP contribution in [0.1, 0.15) is 32.4 Å². The zero-order valence-corrected chi connectivity index (χ0v) is 14.9. The molecule has 6 nitrogen and oxygen atoms in total.